The van der Waals surface area contributed by atoms with Crippen LogP contribution in [0.15, 0.2) is 71.6 Å². The minimum Gasteiger partial charge on any atom is -0.459 e. The predicted molar refractivity (Wildman–Crippen MR) is 135 cm³/mol. The molecule has 1 aliphatic heterocycles. The summed E-state index contributed by atoms with van der Waals surface area (Å²) < 4.78 is 11.2. The first-order chi connectivity index (χ1) is 17.0. The number of anilines is 1. The topological polar surface area (TPSA) is 121 Å². The first-order valence-corrected chi connectivity index (χ1v) is 11.2. The van der Waals surface area contributed by atoms with Gasteiger partial charge in [-0.2, -0.15) is 0 Å². The van der Waals surface area contributed by atoms with Gasteiger partial charge in [-0.1, -0.05) is 13.5 Å². The number of pyridine rings is 1. The molecule has 0 unspecified atom stereocenters. The van der Waals surface area contributed by atoms with Gasteiger partial charge in [0.05, 0.1) is 29.3 Å². The Bertz CT molecular complexity index is 1380. The highest BCUT2D eigenvalue weighted by molar-refractivity contribution is 6.03. The monoisotopic (exact) mass is 488 g/mol. The van der Waals surface area contributed by atoms with Gasteiger partial charge in [-0.05, 0) is 43.7 Å². The third-order valence-electron chi connectivity index (χ3n) is 5.78. The minimum absolute atomic E-state index is 0. The van der Waals surface area contributed by atoms with E-state index in [0.717, 1.165) is 5.56 Å². The van der Waals surface area contributed by atoms with Crippen LogP contribution in [0.2, 0.25) is 0 Å². The third-order valence-corrected chi connectivity index (χ3v) is 5.78. The van der Waals surface area contributed by atoms with E-state index in [1.54, 1.807) is 72.7 Å². The van der Waals surface area contributed by atoms with Gasteiger partial charge in [0.15, 0.2) is 5.76 Å². The van der Waals surface area contributed by atoms with E-state index in [2.05, 4.69) is 15.3 Å². The molecule has 9 heteroatoms. The van der Waals surface area contributed by atoms with E-state index < -0.39 is 6.10 Å². The number of furan rings is 1. The van der Waals surface area contributed by atoms with Gasteiger partial charge in [-0.25, -0.2) is 0 Å². The van der Waals surface area contributed by atoms with E-state index in [0.29, 0.717) is 53.6 Å². The van der Waals surface area contributed by atoms with Crippen molar-refractivity contribution in [3.05, 3.63) is 84.1 Å². The molecule has 186 valence electrons. The molecular weight excluding hydrogens is 460 g/mol. The lowest BCUT2D eigenvalue weighted by molar-refractivity contribution is 0.0765. The molecule has 3 N–H and O–H groups in total. The number of rotatable bonds is 6. The highest BCUT2D eigenvalue weighted by Crippen LogP contribution is 2.28. The summed E-state index contributed by atoms with van der Waals surface area (Å²) in [5.74, 6) is 0.882. The molecule has 5 rings (SSSR count). The van der Waals surface area contributed by atoms with Crippen LogP contribution in [-0.4, -0.2) is 51.0 Å². The Morgan fingerprint density at radius 2 is 2.03 bits per heavy atom. The average molecular weight is 489 g/mol. The zero-order chi connectivity index (χ0) is 24.4. The second-order valence-corrected chi connectivity index (χ2v) is 8.39. The van der Waals surface area contributed by atoms with E-state index in [1.807, 2.05) is 0 Å². The molecule has 36 heavy (non-hydrogen) atoms. The maximum Gasteiger partial charge on any atom is 0.291 e. The second kappa shape index (κ2) is 10.5. The van der Waals surface area contributed by atoms with E-state index in [4.69, 9.17) is 9.15 Å². The molecule has 4 aromatic rings. The number of carbonyl (C=O) groups is 2. The molecule has 0 saturated carbocycles. The number of aliphatic hydroxyl groups excluding tert-OH is 1. The molecular formula is C27H28N4O5. The lowest BCUT2D eigenvalue weighted by Gasteiger charge is -2.13. The van der Waals surface area contributed by atoms with Crippen molar-refractivity contribution in [3.63, 3.8) is 0 Å². The first kappa shape index (κ1) is 24.7. The molecule has 9 nitrogen and oxygen atoms in total. The molecule has 1 aromatic carbocycles. The Morgan fingerprint density at radius 3 is 2.78 bits per heavy atom. The van der Waals surface area contributed by atoms with Crippen molar-refractivity contribution in [1.29, 1.82) is 0 Å². The van der Waals surface area contributed by atoms with Crippen molar-refractivity contribution < 1.29 is 23.8 Å². The van der Waals surface area contributed by atoms with Crippen molar-refractivity contribution in [2.24, 2.45) is 0 Å². The summed E-state index contributed by atoms with van der Waals surface area (Å²) in [5, 5.41) is 12.5. The number of aryl methyl sites for hydroxylation is 1. The number of β-amino-alcohol motifs (C(OH)–C–C–N with tert-alkyl or cyclic N) is 1. The molecule has 3 aromatic heterocycles. The molecule has 1 aliphatic rings. The number of aliphatic hydroxyl groups is 1. The SMILES string of the molecule is C.Cc1ccoc1C(=O)Nc1cccc(Oc2ccnc(-c3cc(C(=O)N4CC[C@H](O)C4)c[nH]3)c2)c1. The largest absolute Gasteiger partial charge is 0.459 e. The maximum absolute atomic E-state index is 12.7. The molecule has 4 heterocycles. The predicted octanol–water partition coefficient (Wildman–Crippen LogP) is 4.87. The van der Waals surface area contributed by atoms with Gasteiger partial charge in [-0.15, -0.1) is 0 Å². The highest BCUT2D eigenvalue weighted by atomic mass is 16.5. The number of likely N-dealkylation sites (tertiary alicyclic amines) is 1. The fourth-order valence-electron chi connectivity index (χ4n) is 3.96. The van der Waals surface area contributed by atoms with Crippen LogP contribution in [0.4, 0.5) is 5.69 Å². The first-order valence-electron chi connectivity index (χ1n) is 11.2. The number of nitrogens with one attached hydrogen (secondary N) is 2. The van der Waals surface area contributed by atoms with Crippen LogP contribution < -0.4 is 10.1 Å². The van der Waals surface area contributed by atoms with Crippen LogP contribution in [0.5, 0.6) is 11.5 Å². The number of hydrogen-bond donors (Lipinski definition) is 3. The summed E-state index contributed by atoms with van der Waals surface area (Å²) in [6.07, 6.45) is 4.87. The summed E-state index contributed by atoms with van der Waals surface area (Å²) in [7, 11) is 0. The number of benzene rings is 1. The molecule has 1 saturated heterocycles. The van der Waals surface area contributed by atoms with E-state index in [-0.39, 0.29) is 25.0 Å². The number of nitrogens with zero attached hydrogens (tertiary/aromatic N) is 2. The third kappa shape index (κ3) is 5.31. The Hall–Kier alpha value is -4.37. The lowest BCUT2D eigenvalue weighted by atomic mass is 10.2. The number of hydrogen-bond acceptors (Lipinski definition) is 6. The Labute approximate surface area is 208 Å². The standard InChI is InChI=1S/C26H24N4O5.CH4/c1-16-7-10-34-24(16)25(32)29-18-3-2-4-20(12-18)35-21-5-8-27-23(13-21)22-11-17(14-28-22)26(33)30-9-6-19(31)15-30;/h2-5,7-8,10-14,19,28,31H,6,9,15H2,1H3,(H,29,32);1H4/t19-;/m0./s1. The second-order valence-electron chi connectivity index (χ2n) is 8.39. The van der Waals surface area contributed by atoms with Crippen LogP contribution in [0.25, 0.3) is 11.4 Å². The van der Waals surface area contributed by atoms with Crippen molar-refractivity contribution in [2.75, 3.05) is 18.4 Å². The molecule has 0 spiro atoms. The quantitative estimate of drug-likeness (QED) is 0.356. The number of ether oxygens (including phenoxy) is 1. The van der Waals surface area contributed by atoms with Crippen LogP contribution in [0.3, 0.4) is 0 Å². The number of H-pyrrole nitrogens is 1. The number of aromatic nitrogens is 2. The van der Waals surface area contributed by atoms with Crippen molar-refractivity contribution in [2.45, 2.75) is 26.9 Å². The van der Waals surface area contributed by atoms with Gasteiger partial charge in [0.25, 0.3) is 11.8 Å². The van der Waals surface area contributed by atoms with Crippen molar-refractivity contribution >= 4 is 17.5 Å². The van der Waals surface area contributed by atoms with Gasteiger partial charge in [0.2, 0.25) is 0 Å². The van der Waals surface area contributed by atoms with E-state index in [9.17, 15) is 14.7 Å². The van der Waals surface area contributed by atoms with Crippen LogP contribution in [0.1, 0.15) is 40.3 Å². The smallest absolute Gasteiger partial charge is 0.291 e. The van der Waals surface area contributed by atoms with Gasteiger partial charge in [-0.3, -0.25) is 14.6 Å². The highest BCUT2D eigenvalue weighted by Gasteiger charge is 2.26. The number of aromatic amines is 1. The minimum atomic E-state index is -0.464. The van der Waals surface area contributed by atoms with Crippen LogP contribution >= 0.6 is 0 Å². The zero-order valence-corrected chi connectivity index (χ0v) is 19.0. The summed E-state index contributed by atoms with van der Waals surface area (Å²) in [6, 6.07) is 14.0. The average Bonchev–Trinajstić information content (AvgIpc) is 3.60. The lowest BCUT2D eigenvalue weighted by Crippen LogP contribution is -2.29. The van der Waals surface area contributed by atoms with Gasteiger partial charge >= 0.3 is 0 Å². The number of amides is 2. The van der Waals surface area contributed by atoms with Gasteiger partial charge in [0.1, 0.15) is 11.5 Å². The fourth-order valence-corrected chi connectivity index (χ4v) is 3.96. The number of carbonyl (C=O) groups excluding carboxylic acids is 2. The fraction of sp³-hybridized carbons (Fsp3) is 0.222. The summed E-state index contributed by atoms with van der Waals surface area (Å²) in [4.78, 5) is 34.2. The Kier molecular flexibility index (Phi) is 7.21. The zero-order valence-electron chi connectivity index (χ0n) is 19.0. The van der Waals surface area contributed by atoms with Crippen molar-refractivity contribution in [1.82, 2.24) is 14.9 Å². The molecule has 1 atom stereocenters. The molecule has 0 radical (unpaired) electrons. The van der Waals surface area contributed by atoms with Crippen molar-refractivity contribution in [3.8, 4) is 22.9 Å². The molecule has 1 fully saturated rings. The normalized spacial score (nSPS) is 14.8. The Balaban J connectivity index is 0.00000304. The van der Waals surface area contributed by atoms with Gasteiger partial charge < -0.3 is 29.5 Å². The molecule has 0 aliphatic carbocycles. The molecule has 0 bridgehead atoms. The summed E-state index contributed by atoms with van der Waals surface area (Å²) >= 11 is 0. The maximum atomic E-state index is 12.7. The molecule has 2 amide bonds. The van der Waals surface area contributed by atoms with E-state index >= 15 is 0 Å². The van der Waals surface area contributed by atoms with Crippen LogP contribution in [-0.2, 0) is 0 Å². The van der Waals surface area contributed by atoms with E-state index in [1.165, 1.54) is 6.26 Å². The Morgan fingerprint density at radius 1 is 1.19 bits per heavy atom. The summed E-state index contributed by atoms with van der Waals surface area (Å²) in [6.45, 7) is 2.70. The summed E-state index contributed by atoms with van der Waals surface area (Å²) in [5.41, 5.74) is 3.12. The van der Waals surface area contributed by atoms with Crippen LogP contribution in [0, 0.1) is 6.92 Å². The van der Waals surface area contributed by atoms with Gasteiger partial charge in [0, 0.05) is 48.9 Å².